The van der Waals surface area contributed by atoms with Crippen LogP contribution >= 0.6 is 58.0 Å². The zero-order chi connectivity index (χ0) is 23.7. The molecule has 0 saturated carbocycles. The molecule has 0 unspecified atom stereocenters. The Kier molecular flexibility index (Phi) is 7.84. The lowest BCUT2D eigenvalue weighted by molar-refractivity contribution is -0.120. The highest BCUT2D eigenvalue weighted by atomic mass is 35.5. The van der Waals surface area contributed by atoms with E-state index >= 15 is 0 Å². The molecule has 3 amide bonds. The van der Waals surface area contributed by atoms with E-state index in [4.69, 9.17) is 62.7 Å². The van der Waals surface area contributed by atoms with E-state index in [0.29, 0.717) is 22.9 Å². The number of halogens is 5. The van der Waals surface area contributed by atoms with Crippen LogP contribution in [0.3, 0.4) is 0 Å². The van der Waals surface area contributed by atoms with E-state index in [1.54, 1.807) is 12.1 Å². The summed E-state index contributed by atoms with van der Waals surface area (Å²) in [6, 6.07) is 3.55. The van der Waals surface area contributed by atoms with Gasteiger partial charge in [0, 0.05) is 5.02 Å². The number of nitrogens with one attached hydrogen (secondary N) is 1. The minimum absolute atomic E-state index is 0.140. The average molecular weight is 539 g/mol. The molecule has 0 fully saturated rings. The van der Waals surface area contributed by atoms with Gasteiger partial charge < -0.3 is 10.1 Å². The summed E-state index contributed by atoms with van der Waals surface area (Å²) >= 11 is 30.6. The molecule has 170 valence electrons. The monoisotopic (exact) mass is 536 g/mol. The van der Waals surface area contributed by atoms with Crippen LogP contribution in [0.25, 0.3) is 0 Å². The maximum Gasteiger partial charge on any atom is 0.263 e. The van der Waals surface area contributed by atoms with Crippen LogP contribution in [0.2, 0.25) is 25.1 Å². The molecule has 0 saturated heterocycles. The number of methoxy groups -OCH3 is 1. The molecule has 0 bridgehead atoms. The third-order valence-electron chi connectivity index (χ3n) is 5.00. The number of unbranched alkanes of at least 4 members (excludes halogenated alkanes) is 1. The van der Waals surface area contributed by atoms with Crippen LogP contribution in [0.1, 0.15) is 46.9 Å². The number of carbonyl (C=O) groups excluding carboxylic acids is 3. The Balaban J connectivity index is 2.03. The number of benzene rings is 2. The molecule has 11 heteroatoms. The number of hydrogen-bond donors (Lipinski definition) is 1. The van der Waals surface area contributed by atoms with Crippen LogP contribution in [0, 0.1) is 0 Å². The van der Waals surface area contributed by atoms with E-state index in [1.165, 1.54) is 13.2 Å². The Morgan fingerprint density at radius 3 is 2.06 bits per heavy atom. The van der Waals surface area contributed by atoms with Crippen molar-refractivity contribution in [1.82, 2.24) is 4.90 Å². The largest absolute Gasteiger partial charge is 0.495 e. The Morgan fingerprint density at radius 2 is 1.56 bits per heavy atom. The van der Waals surface area contributed by atoms with Gasteiger partial charge in [-0.1, -0.05) is 77.8 Å². The van der Waals surface area contributed by atoms with Crippen LogP contribution in [-0.2, 0) is 4.79 Å². The van der Waals surface area contributed by atoms with Gasteiger partial charge in [0.05, 0.1) is 44.0 Å². The van der Waals surface area contributed by atoms with Crippen molar-refractivity contribution in [1.29, 1.82) is 0 Å². The fraction of sp³-hybridized carbons (Fsp3) is 0.286. The zero-order valence-electron chi connectivity index (χ0n) is 16.9. The van der Waals surface area contributed by atoms with Gasteiger partial charge in [-0.25, -0.2) is 0 Å². The van der Waals surface area contributed by atoms with Crippen LogP contribution in [-0.4, -0.2) is 35.8 Å². The molecule has 1 N–H and O–H groups in total. The first kappa shape index (κ1) is 24.9. The van der Waals surface area contributed by atoms with Gasteiger partial charge in [-0.05, 0) is 24.6 Å². The summed E-state index contributed by atoms with van der Waals surface area (Å²) in [5.41, 5.74) is -0.0540. The van der Waals surface area contributed by atoms with Crippen molar-refractivity contribution in [2.24, 2.45) is 0 Å². The quantitative estimate of drug-likeness (QED) is 0.240. The zero-order valence-corrected chi connectivity index (χ0v) is 20.7. The first-order valence-electron chi connectivity index (χ1n) is 9.52. The van der Waals surface area contributed by atoms with Crippen LogP contribution in [0.5, 0.6) is 5.75 Å². The molecule has 0 aromatic heterocycles. The Labute approximate surface area is 209 Å². The lowest BCUT2D eigenvalue weighted by Gasteiger charge is -2.25. The minimum atomic E-state index is -1.14. The normalized spacial score (nSPS) is 13.9. The smallest absolute Gasteiger partial charge is 0.263 e. The summed E-state index contributed by atoms with van der Waals surface area (Å²) in [4.78, 5) is 40.5. The van der Waals surface area contributed by atoms with Gasteiger partial charge in [0.2, 0.25) is 5.91 Å². The summed E-state index contributed by atoms with van der Waals surface area (Å²) < 4.78 is 5.25. The van der Waals surface area contributed by atoms with Crippen molar-refractivity contribution in [3.8, 4) is 5.75 Å². The molecule has 0 radical (unpaired) electrons. The summed E-state index contributed by atoms with van der Waals surface area (Å²) in [7, 11) is 1.44. The van der Waals surface area contributed by atoms with Gasteiger partial charge in [0.15, 0.2) is 0 Å². The van der Waals surface area contributed by atoms with Crippen LogP contribution in [0.15, 0.2) is 18.2 Å². The molecule has 0 spiro atoms. The molecular formula is C21H17Cl5N2O4. The highest BCUT2D eigenvalue weighted by molar-refractivity contribution is 6.55. The maximum atomic E-state index is 13.3. The van der Waals surface area contributed by atoms with Gasteiger partial charge in [-0.2, -0.15) is 0 Å². The second-order valence-electron chi connectivity index (χ2n) is 6.98. The van der Waals surface area contributed by atoms with Gasteiger partial charge in [0.1, 0.15) is 11.8 Å². The maximum absolute atomic E-state index is 13.3. The molecule has 1 aliphatic rings. The fourth-order valence-electron chi connectivity index (χ4n) is 3.42. The number of anilines is 1. The molecule has 1 aliphatic heterocycles. The lowest BCUT2D eigenvalue weighted by atomic mass is 10.1. The highest BCUT2D eigenvalue weighted by Crippen LogP contribution is 2.45. The third-order valence-corrected chi connectivity index (χ3v) is 7.03. The van der Waals surface area contributed by atoms with E-state index in [0.717, 1.165) is 11.3 Å². The van der Waals surface area contributed by atoms with Gasteiger partial charge in [-0.3, -0.25) is 19.3 Å². The lowest BCUT2D eigenvalue weighted by Crippen LogP contribution is -2.47. The number of amides is 3. The molecule has 2 aromatic rings. The standard InChI is InChI=1S/C21H17Cl5N2O4/c1-3-4-5-11(19(29)27-10-8-9(22)6-7-12(10)32-2)28-20(30)13-14(21(28)31)16(24)18(26)17(25)15(13)23/h6-8,11H,3-5H2,1-2H3,(H,27,29)/t11-/m0/s1. The van der Waals surface area contributed by atoms with Gasteiger partial charge in [0.25, 0.3) is 11.8 Å². The second-order valence-corrected chi connectivity index (χ2v) is 8.93. The second kappa shape index (κ2) is 10.1. The molecular weight excluding hydrogens is 522 g/mol. The average Bonchev–Trinajstić information content (AvgIpc) is 3.02. The number of imide groups is 1. The van der Waals surface area contributed by atoms with E-state index in [9.17, 15) is 14.4 Å². The summed E-state index contributed by atoms with van der Waals surface area (Å²) in [6.45, 7) is 1.92. The van der Waals surface area contributed by atoms with E-state index in [2.05, 4.69) is 5.32 Å². The molecule has 2 aromatic carbocycles. The fourth-order valence-corrected chi connectivity index (χ4v) is 4.60. The number of nitrogens with zero attached hydrogens (tertiary/aromatic N) is 1. The number of carbonyl (C=O) groups is 3. The predicted molar refractivity (Wildman–Crippen MR) is 127 cm³/mol. The van der Waals surface area contributed by atoms with Crippen molar-refractivity contribution < 1.29 is 19.1 Å². The highest BCUT2D eigenvalue weighted by Gasteiger charge is 2.46. The molecule has 3 rings (SSSR count). The predicted octanol–water partition coefficient (Wildman–Crippen LogP) is 6.76. The SMILES string of the molecule is CCCC[C@@H](C(=O)Nc1cc(Cl)ccc1OC)N1C(=O)c2c(Cl)c(Cl)c(Cl)c(Cl)c2C1=O. The van der Waals surface area contributed by atoms with Crippen LogP contribution < -0.4 is 10.1 Å². The van der Waals surface area contributed by atoms with Crippen molar-refractivity contribution in [3.63, 3.8) is 0 Å². The van der Waals surface area contributed by atoms with Crippen LogP contribution in [0.4, 0.5) is 5.69 Å². The van der Waals surface area contributed by atoms with Crippen molar-refractivity contribution in [2.45, 2.75) is 32.2 Å². The van der Waals surface area contributed by atoms with Gasteiger partial charge in [-0.15, -0.1) is 0 Å². The topological polar surface area (TPSA) is 75.7 Å². The van der Waals surface area contributed by atoms with E-state index in [1.807, 2.05) is 6.92 Å². The molecule has 1 heterocycles. The number of hydrogen-bond acceptors (Lipinski definition) is 4. The first-order chi connectivity index (χ1) is 15.1. The summed E-state index contributed by atoms with van der Waals surface area (Å²) in [5.74, 6) is -1.78. The first-order valence-corrected chi connectivity index (χ1v) is 11.4. The van der Waals surface area contributed by atoms with Crippen molar-refractivity contribution in [3.05, 3.63) is 54.4 Å². The summed E-state index contributed by atoms with van der Waals surface area (Å²) in [5, 5.41) is 2.40. The summed E-state index contributed by atoms with van der Waals surface area (Å²) in [6.07, 6.45) is 1.52. The van der Waals surface area contributed by atoms with Gasteiger partial charge >= 0.3 is 0 Å². The van der Waals surface area contributed by atoms with E-state index in [-0.39, 0.29) is 37.6 Å². The minimum Gasteiger partial charge on any atom is -0.495 e. The molecule has 32 heavy (non-hydrogen) atoms. The molecule has 1 atom stereocenters. The van der Waals surface area contributed by atoms with E-state index < -0.39 is 23.8 Å². The van der Waals surface area contributed by atoms with Crippen molar-refractivity contribution >= 4 is 81.4 Å². The number of fused-ring (bicyclic) bond motifs is 1. The van der Waals surface area contributed by atoms with Crippen molar-refractivity contribution in [2.75, 3.05) is 12.4 Å². The number of ether oxygens (including phenoxy) is 1. The third kappa shape index (κ3) is 4.39. The Bertz CT molecular complexity index is 1080. The molecule has 0 aliphatic carbocycles. The Hall–Kier alpha value is -1.70. The Morgan fingerprint density at radius 1 is 1.00 bits per heavy atom. The number of rotatable bonds is 7. The molecule has 6 nitrogen and oxygen atoms in total.